The Bertz CT molecular complexity index is 402. The molecule has 1 atom stereocenters. The highest BCUT2D eigenvalue weighted by molar-refractivity contribution is 7.99. The van der Waals surface area contributed by atoms with Gasteiger partial charge in [0, 0.05) is 22.8 Å². The van der Waals surface area contributed by atoms with Crippen LogP contribution in [0.2, 0.25) is 0 Å². The van der Waals surface area contributed by atoms with Gasteiger partial charge in [0.25, 0.3) is 5.69 Å². The van der Waals surface area contributed by atoms with Crippen molar-refractivity contribution in [1.82, 2.24) is 0 Å². The van der Waals surface area contributed by atoms with Crippen molar-refractivity contribution < 1.29 is 9.66 Å². The van der Waals surface area contributed by atoms with Crippen molar-refractivity contribution in [1.29, 1.82) is 0 Å². The maximum atomic E-state index is 10.6. The van der Waals surface area contributed by atoms with Gasteiger partial charge in [-0.1, -0.05) is 0 Å². The van der Waals surface area contributed by atoms with Crippen LogP contribution in [0, 0.1) is 10.1 Å². The lowest BCUT2D eigenvalue weighted by Gasteiger charge is -2.06. The summed E-state index contributed by atoms with van der Waals surface area (Å²) < 4.78 is 5.40. The monoisotopic (exact) mass is 262 g/mol. The molecule has 2 rings (SSSR count). The van der Waals surface area contributed by atoms with Crippen LogP contribution in [0.1, 0.15) is 0 Å². The first-order chi connectivity index (χ1) is 7.16. The summed E-state index contributed by atoms with van der Waals surface area (Å²) >= 11 is 1.57. The molecule has 7 heteroatoms. The van der Waals surface area contributed by atoms with Gasteiger partial charge >= 0.3 is 0 Å². The molecule has 0 spiro atoms. The quantitative estimate of drug-likeness (QED) is 0.617. The Labute approximate surface area is 103 Å². The molecule has 0 saturated carbocycles. The van der Waals surface area contributed by atoms with Crippen LogP contribution < -0.4 is 10.5 Å². The zero-order valence-corrected chi connectivity index (χ0v) is 9.92. The van der Waals surface area contributed by atoms with E-state index in [2.05, 4.69) is 0 Å². The standard InChI is InChI=1S/C9H10N2O3S.ClH/c10-6-4-14-8-3-7(11(12)13)1-2-9(8)15-5-6;/h1-3,6H,4-5,10H2;1H. The predicted molar refractivity (Wildman–Crippen MR) is 64.5 cm³/mol. The van der Waals surface area contributed by atoms with Crippen LogP contribution >= 0.6 is 24.2 Å². The molecule has 1 aromatic carbocycles. The van der Waals surface area contributed by atoms with Crippen molar-refractivity contribution in [3.8, 4) is 5.75 Å². The smallest absolute Gasteiger partial charge is 0.273 e. The van der Waals surface area contributed by atoms with E-state index in [0.29, 0.717) is 12.4 Å². The number of nitro benzene ring substituents is 1. The number of ether oxygens (including phenoxy) is 1. The van der Waals surface area contributed by atoms with E-state index in [0.717, 1.165) is 10.6 Å². The van der Waals surface area contributed by atoms with Crippen molar-refractivity contribution in [2.24, 2.45) is 5.73 Å². The fourth-order valence-corrected chi connectivity index (χ4v) is 2.20. The summed E-state index contributed by atoms with van der Waals surface area (Å²) in [4.78, 5) is 11.0. The molecule has 0 bridgehead atoms. The third kappa shape index (κ3) is 2.78. The lowest BCUT2D eigenvalue weighted by atomic mass is 10.3. The fourth-order valence-electron chi connectivity index (χ4n) is 1.28. The number of non-ortho nitro benzene ring substituents is 1. The molecule has 0 saturated heterocycles. The van der Waals surface area contributed by atoms with Crippen LogP contribution in [0.3, 0.4) is 0 Å². The van der Waals surface area contributed by atoms with Crippen LogP contribution in [0.5, 0.6) is 5.75 Å². The highest BCUT2D eigenvalue weighted by atomic mass is 35.5. The maximum absolute atomic E-state index is 10.6. The summed E-state index contributed by atoms with van der Waals surface area (Å²) in [5, 5.41) is 10.6. The van der Waals surface area contributed by atoms with E-state index in [1.807, 2.05) is 0 Å². The average Bonchev–Trinajstić information content (AvgIpc) is 2.40. The maximum Gasteiger partial charge on any atom is 0.273 e. The molecule has 5 nitrogen and oxygen atoms in total. The third-order valence-corrected chi connectivity index (χ3v) is 3.29. The van der Waals surface area contributed by atoms with E-state index < -0.39 is 4.92 Å². The minimum Gasteiger partial charge on any atom is -0.491 e. The van der Waals surface area contributed by atoms with Gasteiger partial charge in [0.1, 0.15) is 12.4 Å². The Morgan fingerprint density at radius 3 is 3.00 bits per heavy atom. The summed E-state index contributed by atoms with van der Waals surface area (Å²) in [6, 6.07) is 4.60. The molecule has 0 fully saturated rings. The Morgan fingerprint density at radius 1 is 1.56 bits per heavy atom. The van der Waals surface area contributed by atoms with Gasteiger partial charge < -0.3 is 10.5 Å². The number of halogens is 1. The molecule has 88 valence electrons. The zero-order chi connectivity index (χ0) is 10.8. The van der Waals surface area contributed by atoms with Crippen molar-refractivity contribution >= 4 is 29.9 Å². The number of nitrogens with zero attached hydrogens (tertiary/aromatic N) is 1. The highest BCUT2D eigenvalue weighted by Gasteiger charge is 2.17. The second-order valence-corrected chi connectivity index (χ2v) is 4.33. The van der Waals surface area contributed by atoms with Crippen molar-refractivity contribution in [3.05, 3.63) is 28.3 Å². The van der Waals surface area contributed by atoms with Gasteiger partial charge in [0.15, 0.2) is 0 Å². The summed E-state index contributed by atoms with van der Waals surface area (Å²) in [7, 11) is 0. The Morgan fingerprint density at radius 2 is 2.31 bits per heavy atom. The Hall–Kier alpha value is -0.980. The fraction of sp³-hybridized carbons (Fsp3) is 0.333. The van der Waals surface area contributed by atoms with E-state index in [4.69, 9.17) is 10.5 Å². The molecule has 1 aromatic rings. The molecule has 16 heavy (non-hydrogen) atoms. The number of benzene rings is 1. The minimum atomic E-state index is -0.431. The van der Waals surface area contributed by atoms with Gasteiger partial charge in [-0.25, -0.2) is 0 Å². The van der Waals surface area contributed by atoms with Crippen LogP contribution in [-0.2, 0) is 0 Å². The second kappa shape index (κ2) is 5.38. The van der Waals surface area contributed by atoms with Crippen LogP contribution in [0.25, 0.3) is 0 Å². The van der Waals surface area contributed by atoms with Crippen LogP contribution in [0.4, 0.5) is 5.69 Å². The lowest BCUT2D eigenvalue weighted by molar-refractivity contribution is -0.385. The van der Waals surface area contributed by atoms with E-state index >= 15 is 0 Å². The summed E-state index contributed by atoms with van der Waals surface area (Å²) in [5.41, 5.74) is 5.78. The Balaban J connectivity index is 0.00000128. The molecule has 1 heterocycles. The molecule has 0 radical (unpaired) electrons. The summed E-state index contributed by atoms with van der Waals surface area (Å²) in [6.45, 7) is 0.404. The summed E-state index contributed by atoms with van der Waals surface area (Å²) in [5.74, 6) is 1.33. The van der Waals surface area contributed by atoms with Crippen LogP contribution in [-0.4, -0.2) is 23.3 Å². The van der Waals surface area contributed by atoms with E-state index in [1.54, 1.807) is 17.8 Å². The topological polar surface area (TPSA) is 78.4 Å². The molecule has 0 aliphatic carbocycles. The zero-order valence-electron chi connectivity index (χ0n) is 8.29. The molecule has 1 aliphatic heterocycles. The molecular weight excluding hydrogens is 252 g/mol. The Kier molecular flexibility index (Phi) is 4.40. The van der Waals surface area contributed by atoms with Gasteiger partial charge in [0.2, 0.25) is 0 Å². The first-order valence-electron chi connectivity index (χ1n) is 4.46. The van der Waals surface area contributed by atoms with Gasteiger partial charge in [-0.3, -0.25) is 10.1 Å². The number of hydrogen-bond donors (Lipinski definition) is 1. The number of thioether (sulfide) groups is 1. The molecule has 0 amide bonds. The minimum absolute atomic E-state index is 0. The average molecular weight is 263 g/mol. The normalized spacial score (nSPS) is 18.7. The van der Waals surface area contributed by atoms with E-state index in [1.165, 1.54) is 12.1 Å². The predicted octanol–water partition coefficient (Wildman–Crippen LogP) is 1.83. The van der Waals surface area contributed by atoms with Crippen molar-refractivity contribution in [3.63, 3.8) is 0 Å². The van der Waals surface area contributed by atoms with Crippen molar-refractivity contribution in [2.45, 2.75) is 10.9 Å². The highest BCUT2D eigenvalue weighted by Crippen LogP contribution is 2.34. The number of nitrogens with two attached hydrogens (primary N) is 1. The summed E-state index contributed by atoms with van der Waals surface area (Å²) in [6.07, 6.45) is 0. The number of fused-ring (bicyclic) bond motifs is 1. The van der Waals surface area contributed by atoms with Gasteiger partial charge in [-0.05, 0) is 6.07 Å². The first kappa shape index (κ1) is 13.1. The van der Waals surface area contributed by atoms with E-state index in [-0.39, 0.29) is 24.1 Å². The first-order valence-corrected chi connectivity index (χ1v) is 5.45. The second-order valence-electron chi connectivity index (χ2n) is 3.27. The van der Waals surface area contributed by atoms with Crippen molar-refractivity contribution in [2.75, 3.05) is 12.4 Å². The molecule has 2 N–H and O–H groups in total. The third-order valence-electron chi connectivity index (χ3n) is 2.04. The molecule has 1 unspecified atom stereocenters. The number of rotatable bonds is 1. The lowest BCUT2D eigenvalue weighted by Crippen LogP contribution is -2.28. The molecular formula is C9H11ClN2O3S. The number of nitro groups is 1. The largest absolute Gasteiger partial charge is 0.491 e. The molecule has 1 aliphatic rings. The van der Waals surface area contributed by atoms with Gasteiger partial charge in [-0.15, -0.1) is 24.2 Å². The van der Waals surface area contributed by atoms with Gasteiger partial charge in [0.05, 0.1) is 11.0 Å². The molecule has 0 aromatic heterocycles. The van der Waals surface area contributed by atoms with Gasteiger partial charge in [-0.2, -0.15) is 0 Å². The number of hydrogen-bond acceptors (Lipinski definition) is 5. The van der Waals surface area contributed by atoms with Crippen LogP contribution in [0.15, 0.2) is 23.1 Å². The van der Waals surface area contributed by atoms with E-state index in [9.17, 15) is 10.1 Å². The SMILES string of the molecule is Cl.NC1COc2cc([N+](=O)[O-])ccc2SC1.